The third kappa shape index (κ3) is 5.63. The molecule has 0 heterocycles. The van der Waals surface area contributed by atoms with Gasteiger partial charge in [0.15, 0.2) is 0 Å². The Labute approximate surface area is 154 Å². The molecule has 0 spiro atoms. The predicted octanol–water partition coefficient (Wildman–Crippen LogP) is 1.85. The summed E-state index contributed by atoms with van der Waals surface area (Å²) in [5.74, 6) is -1.77. The van der Waals surface area contributed by atoms with Crippen molar-refractivity contribution in [1.29, 1.82) is 0 Å². The van der Waals surface area contributed by atoms with Crippen LogP contribution in [0.4, 0.5) is 5.69 Å². The summed E-state index contributed by atoms with van der Waals surface area (Å²) in [7, 11) is 1.28. The highest BCUT2D eigenvalue weighted by Crippen LogP contribution is 2.13. The van der Waals surface area contributed by atoms with E-state index < -0.39 is 22.8 Å². The smallest absolute Gasteiger partial charge is 0.337 e. The Bertz CT molecular complexity index is 862. The molecule has 0 aliphatic heterocycles. The molecule has 0 aromatic heterocycles. The van der Waals surface area contributed by atoms with Crippen LogP contribution in [0.15, 0.2) is 48.5 Å². The SMILES string of the molecule is COC(=O)c1ccc(COC(=O)CNC(=O)c2cccc([N+](=O)[O-])c2)cc1. The lowest BCUT2D eigenvalue weighted by Gasteiger charge is -2.07. The van der Waals surface area contributed by atoms with Crippen molar-refractivity contribution < 1.29 is 28.8 Å². The highest BCUT2D eigenvalue weighted by molar-refractivity contribution is 5.96. The monoisotopic (exact) mass is 372 g/mol. The van der Waals surface area contributed by atoms with Crippen LogP contribution in [0.25, 0.3) is 0 Å². The number of amides is 1. The number of methoxy groups -OCH3 is 1. The van der Waals surface area contributed by atoms with E-state index in [0.717, 1.165) is 6.07 Å². The lowest BCUT2D eigenvalue weighted by Crippen LogP contribution is -2.30. The Morgan fingerprint density at radius 2 is 1.78 bits per heavy atom. The molecule has 0 unspecified atom stereocenters. The molecule has 0 bridgehead atoms. The van der Waals surface area contributed by atoms with E-state index >= 15 is 0 Å². The van der Waals surface area contributed by atoms with Gasteiger partial charge in [0.05, 0.1) is 17.6 Å². The molecule has 27 heavy (non-hydrogen) atoms. The topological polar surface area (TPSA) is 125 Å². The number of nitro benzene ring substituents is 1. The van der Waals surface area contributed by atoms with Gasteiger partial charge in [0.1, 0.15) is 13.2 Å². The molecule has 1 amide bonds. The van der Waals surface area contributed by atoms with E-state index in [9.17, 15) is 24.5 Å². The first-order valence-electron chi connectivity index (χ1n) is 7.76. The zero-order valence-electron chi connectivity index (χ0n) is 14.3. The normalized spacial score (nSPS) is 9.96. The third-order valence-electron chi connectivity index (χ3n) is 3.49. The number of ether oxygens (including phenoxy) is 2. The molecular formula is C18H16N2O7. The van der Waals surface area contributed by atoms with Crippen molar-refractivity contribution in [2.45, 2.75) is 6.61 Å². The van der Waals surface area contributed by atoms with Gasteiger partial charge in [-0.1, -0.05) is 18.2 Å². The number of esters is 2. The lowest BCUT2D eigenvalue weighted by atomic mass is 10.1. The summed E-state index contributed by atoms with van der Waals surface area (Å²) >= 11 is 0. The number of carbonyl (C=O) groups is 3. The maximum absolute atomic E-state index is 11.9. The van der Waals surface area contributed by atoms with Gasteiger partial charge in [-0.3, -0.25) is 19.7 Å². The second-order valence-corrected chi connectivity index (χ2v) is 5.34. The molecule has 2 rings (SSSR count). The van der Waals surface area contributed by atoms with Crippen molar-refractivity contribution >= 4 is 23.5 Å². The minimum Gasteiger partial charge on any atom is -0.465 e. The van der Waals surface area contributed by atoms with Crippen LogP contribution in [-0.2, 0) is 20.9 Å². The number of benzene rings is 2. The Morgan fingerprint density at radius 1 is 1.07 bits per heavy atom. The quantitative estimate of drug-likeness (QED) is 0.447. The molecule has 140 valence electrons. The van der Waals surface area contributed by atoms with Crippen LogP contribution in [0.1, 0.15) is 26.3 Å². The second-order valence-electron chi connectivity index (χ2n) is 5.34. The second kappa shape index (κ2) is 9.09. The van der Waals surface area contributed by atoms with Gasteiger partial charge in [-0.15, -0.1) is 0 Å². The molecule has 2 aromatic rings. The highest BCUT2D eigenvalue weighted by atomic mass is 16.6. The summed E-state index contributed by atoms with van der Waals surface area (Å²) in [5, 5.41) is 13.0. The summed E-state index contributed by atoms with van der Waals surface area (Å²) in [4.78, 5) is 45.1. The fourth-order valence-corrected chi connectivity index (χ4v) is 2.08. The molecule has 9 heteroatoms. The van der Waals surface area contributed by atoms with Gasteiger partial charge in [0.2, 0.25) is 0 Å². The number of hydrogen-bond acceptors (Lipinski definition) is 7. The Balaban J connectivity index is 1.82. The van der Waals surface area contributed by atoms with Crippen LogP contribution in [0.5, 0.6) is 0 Å². The Kier molecular flexibility index (Phi) is 6.59. The summed E-state index contributed by atoms with van der Waals surface area (Å²) < 4.78 is 9.61. The third-order valence-corrected chi connectivity index (χ3v) is 3.49. The van der Waals surface area contributed by atoms with Crippen molar-refractivity contribution in [2.75, 3.05) is 13.7 Å². The van der Waals surface area contributed by atoms with Crippen molar-refractivity contribution in [3.05, 3.63) is 75.3 Å². The Hall–Kier alpha value is -3.75. The van der Waals surface area contributed by atoms with Crippen LogP contribution in [0.3, 0.4) is 0 Å². The largest absolute Gasteiger partial charge is 0.465 e. The summed E-state index contributed by atoms with van der Waals surface area (Å²) in [6.45, 7) is -0.422. The van der Waals surface area contributed by atoms with Crippen molar-refractivity contribution in [2.24, 2.45) is 0 Å². The van der Waals surface area contributed by atoms with Gasteiger partial charge in [-0.25, -0.2) is 4.79 Å². The average molecular weight is 372 g/mol. The molecule has 1 N–H and O–H groups in total. The fraction of sp³-hybridized carbons (Fsp3) is 0.167. The summed E-state index contributed by atoms with van der Waals surface area (Å²) in [6.07, 6.45) is 0. The molecule has 0 saturated carbocycles. The van der Waals surface area contributed by atoms with E-state index in [1.54, 1.807) is 24.3 Å². The summed E-state index contributed by atoms with van der Waals surface area (Å²) in [5.41, 5.74) is 0.869. The zero-order chi connectivity index (χ0) is 19.8. The molecule has 0 atom stereocenters. The molecule has 0 aliphatic carbocycles. The highest BCUT2D eigenvalue weighted by Gasteiger charge is 2.13. The first-order chi connectivity index (χ1) is 12.9. The van der Waals surface area contributed by atoms with Crippen LogP contribution in [0.2, 0.25) is 0 Å². The zero-order valence-corrected chi connectivity index (χ0v) is 14.3. The number of rotatable bonds is 7. The first-order valence-corrected chi connectivity index (χ1v) is 7.76. The molecular weight excluding hydrogens is 356 g/mol. The van der Waals surface area contributed by atoms with Crippen LogP contribution >= 0.6 is 0 Å². The minimum atomic E-state index is -0.675. The average Bonchev–Trinajstić information content (AvgIpc) is 2.70. The van der Waals surface area contributed by atoms with E-state index in [1.807, 2.05) is 0 Å². The number of carbonyl (C=O) groups excluding carboxylic acids is 3. The number of hydrogen-bond donors (Lipinski definition) is 1. The predicted molar refractivity (Wildman–Crippen MR) is 93.0 cm³/mol. The van der Waals surface area contributed by atoms with Crippen LogP contribution < -0.4 is 5.32 Å². The van der Waals surface area contributed by atoms with Gasteiger partial charge in [-0.05, 0) is 23.8 Å². The fourth-order valence-electron chi connectivity index (χ4n) is 2.08. The maximum atomic E-state index is 11.9. The van der Waals surface area contributed by atoms with Gasteiger partial charge >= 0.3 is 11.9 Å². The molecule has 0 radical (unpaired) electrons. The molecule has 2 aromatic carbocycles. The van der Waals surface area contributed by atoms with E-state index in [4.69, 9.17) is 4.74 Å². The lowest BCUT2D eigenvalue weighted by molar-refractivity contribution is -0.384. The Morgan fingerprint density at radius 3 is 2.41 bits per heavy atom. The van der Waals surface area contributed by atoms with Gasteiger partial charge < -0.3 is 14.8 Å². The van der Waals surface area contributed by atoms with Crippen molar-refractivity contribution in [1.82, 2.24) is 5.32 Å². The van der Waals surface area contributed by atoms with E-state index in [2.05, 4.69) is 10.1 Å². The van der Waals surface area contributed by atoms with Gasteiger partial charge in [-0.2, -0.15) is 0 Å². The van der Waals surface area contributed by atoms with E-state index in [1.165, 1.54) is 25.3 Å². The first kappa shape index (κ1) is 19.6. The minimum absolute atomic E-state index is 0.0348. The molecule has 0 saturated heterocycles. The molecule has 9 nitrogen and oxygen atoms in total. The van der Waals surface area contributed by atoms with Crippen LogP contribution in [0, 0.1) is 10.1 Å². The summed E-state index contributed by atoms with van der Waals surface area (Å²) in [6, 6.07) is 11.5. The molecule has 0 aliphatic rings. The van der Waals surface area contributed by atoms with Gasteiger partial charge in [0, 0.05) is 17.7 Å². The van der Waals surface area contributed by atoms with E-state index in [0.29, 0.717) is 11.1 Å². The number of nitrogens with one attached hydrogen (secondary N) is 1. The van der Waals surface area contributed by atoms with E-state index in [-0.39, 0.29) is 24.4 Å². The van der Waals surface area contributed by atoms with Crippen molar-refractivity contribution in [3.8, 4) is 0 Å². The number of non-ortho nitro benzene ring substituents is 1. The van der Waals surface area contributed by atoms with Gasteiger partial charge in [0.25, 0.3) is 11.6 Å². The molecule has 0 fully saturated rings. The van der Waals surface area contributed by atoms with Crippen molar-refractivity contribution in [3.63, 3.8) is 0 Å². The number of nitro groups is 1. The maximum Gasteiger partial charge on any atom is 0.337 e. The standard InChI is InChI=1S/C18H16N2O7/c1-26-18(23)13-7-5-12(6-8-13)11-27-16(21)10-19-17(22)14-3-2-4-15(9-14)20(24)25/h2-9H,10-11H2,1H3,(H,19,22). The van der Waals surface area contributed by atoms with Crippen LogP contribution in [-0.4, -0.2) is 36.4 Å². The number of nitrogens with zero attached hydrogens (tertiary/aromatic N) is 1.